The van der Waals surface area contributed by atoms with Crippen molar-refractivity contribution in [2.24, 2.45) is 0 Å². The molecular weight excluding hydrogens is 521 g/mol. The van der Waals surface area contributed by atoms with Gasteiger partial charge in [0.25, 0.3) is 0 Å². The van der Waals surface area contributed by atoms with Crippen LogP contribution in [0.25, 0.3) is 0 Å². The van der Waals surface area contributed by atoms with Crippen LogP contribution < -0.4 is 10.0 Å². The van der Waals surface area contributed by atoms with Crippen molar-refractivity contribution in [3.8, 4) is 0 Å². The molecule has 31 heavy (non-hydrogen) atoms. The topological polar surface area (TPSA) is 53.6 Å². The molecule has 7 heteroatoms. The summed E-state index contributed by atoms with van der Waals surface area (Å²) in [7, 11) is 1.59. The van der Waals surface area contributed by atoms with Crippen LogP contribution in [-0.2, 0) is 4.74 Å². The highest BCUT2D eigenvalue weighted by atomic mass is 127. The van der Waals surface area contributed by atoms with Crippen LogP contribution in [0.15, 0.2) is 60.7 Å². The number of hydrogen-bond acceptors (Lipinski definition) is 5. The minimum atomic E-state index is -0.482. The predicted octanol–water partition coefficient (Wildman–Crippen LogP) is 6.05. The Labute approximate surface area is 202 Å². The van der Waals surface area contributed by atoms with Gasteiger partial charge in [0.2, 0.25) is 0 Å². The van der Waals surface area contributed by atoms with E-state index < -0.39 is 5.60 Å². The van der Waals surface area contributed by atoms with Gasteiger partial charge in [-0.15, -0.1) is 0 Å². The first-order chi connectivity index (χ1) is 14.9. The average molecular weight is 554 g/mol. The fourth-order valence-corrected chi connectivity index (χ4v) is 5.19. The minimum Gasteiger partial charge on any atom is -0.444 e. The summed E-state index contributed by atoms with van der Waals surface area (Å²) in [6.07, 6.45) is 1.78. The van der Waals surface area contributed by atoms with Crippen LogP contribution >= 0.6 is 30.3 Å². The zero-order chi connectivity index (χ0) is 22.3. The number of rotatable bonds is 8. The van der Waals surface area contributed by atoms with Crippen LogP contribution in [0, 0.1) is 0 Å². The molecule has 0 saturated carbocycles. The Morgan fingerprint density at radius 2 is 1.68 bits per heavy atom. The molecule has 0 spiro atoms. The fraction of sp³-hybridized carbons (Fsp3) is 0.458. The van der Waals surface area contributed by atoms with Crippen molar-refractivity contribution in [3.63, 3.8) is 0 Å². The molecule has 0 bridgehead atoms. The Morgan fingerprint density at radius 1 is 1.10 bits per heavy atom. The summed E-state index contributed by atoms with van der Waals surface area (Å²) >= 11 is 2.28. The molecule has 168 valence electrons. The number of nitrogens with one attached hydrogen (secondary N) is 2. The molecule has 3 rings (SSSR count). The summed E-state index contributed by atoms with van der Waals surface area (Å²) in [4.78, 5) is 14.6. The van der Waals surface area contributed by atoms with Gasteiger partial charge in [0.05, 0.1) is 12.1 Å². The molecule has 0 unspecified atom stereocenters. The summed E-state index contributed by atoms with van der Waals surface area (Å²) in [6.45, 7) is 7.21. The molecule has 0 radical (unpaired) electrons. The van der Waals surface area contributed by atoms with Crippen molar-refractivity contribution >= 4 is 36.4 Å². The number of halogens is 1. The summed E-state index contributed by atoms with van der Waals surface area (Å²) in [6, 6.07) is 21.3. The van der Waals surface area contributed by atoms with Crippen LogP contribution in [-0.4, -0.2) is 35.7 Å². The largest absolute Gasteiger partial charge is 0.444 e. The van der Waals surface area contributed by atoms with Crippen LogP contribution in [0.1, 0.15) is 56.8 Å². The Kier molecular flexibility index (Phi) is 9.06. The number of benzene rings is 2. The van der Waals surface area contributed by atoms with E-state index in [-0.39, 0.29) is 24.2 Å². The van der Waals surface area contributed by atoms with E-state index in [0.717, 1.165) is 25.9 Å². The van der Waals surface area contributed by atoms with Crippen molar-refractivity contribution in [1.82, 2.24) is 14.9 Å². The molecule has 1 heterocycles. The van der Waals surface area contributed by atoms with Gasteiger partial charge < -0.3 is 15.0 Å². The van der Waals surface area contributed by atoms with E-state index in [1.54, 1.807) is 9.12 Å². The maximum absolute atomic E-state index is 12.7. The zero-order valence-electron chi connectivity index (χ0n) is 18.4. The van der Waals surface area contributed by atoms with Gasteiger partial charge in [0.15, 0.2) is 0 Å². The third kappa shape index (κ3) is 7.10. The van der Waals surface area contributed by atoms with Crippen LogP contribution in [0.4, 0.5) is 4.79 Å². The smallest absolute Gasteiger partial charge is 0.410 e. The molecule has 1 aliphatic heterocycles. The molecule has 3 atom stereocenters. The number of carbonyl (C=O) groups is 1. The summed E-state index contributed by atoms with van der Waals surface area (Å²) in [5, 5.41) is 3.78. The highest BCUT2D eigenvalue weighted by Crippen LogP contribution is 2.32. The third-order valence-corrected chi connectivity index (χ3v) is 6.51. The fourth-order valence-electron chi connectivity index (χ4n) is 4.00. The lowest BCUT2D eigenvalue weighted by Crippen LogP contribution is -2.45. The van der Waals surface area contributed by atoms with Crippen molar-refractivity contribution in [2.45, 2.75) is 57.3 Å². The Morgan fingerprint density at radius 3 is 2.23 bits per heavy atom. The maximum Gasteiger partial charge on any atom is 0.410 e. The summed E-state index contributed by atoms with van der Waals surface area (Å²) < 4.78 is 9.21. The van der Waals surface area contributed by atoms with Gasteiger partial charge in [0.1, 0.15) is 5.60 Å². The van der Waals surface area contributed by atoms with Crippen molar-refractivity contribution in [2.75, 3.05) is 13.1 Å². The quantitative estimate of drug-likeness (QED) is 0.308. The summed E-state index contributed by atoms with van der Waals surface area (Å²) in [5.41, 5.74) is 1.96. The highest BCUT2D eigenvalue weighted by Gasteiger charge is 2.33. The number of carbonyl (C=O) groups excluding carboxylic acids is 1. The van der Waals surface area contributed by atoms with Crippen LogP contribution in [0.5, 0.6) is 0 Å². The molecular formula is C24H32IN3O2S. The van der Waals surface area contributed by atoms with Gasteiger partial charge in [-0.1, -0.05) is 60.7 Å². The van der Waals surface area contributed by atoms with Crippen LogP contribution in [0.2, 0.25) is 0 Å². The third-order valence-electron chi connectivity index (χ3n) is 5.40. The van der Waals surface area contributed by atoms with E-state index in [4.69, 9.17) is 4.74 Å². The number of ether oxygens (including phenoxy) is 1. The van der Waals surface area contributed by atoms with Gasteiger partial charge >= 0.3 is 6.09 Å². The molecule has 0 aliphatic carbocycles. The van der Waals surface area contributed by atoms with Gasteiger partial charge in [-0.3, -0.25) is 0 Å². The zero-order valence-corrected chi connectivity index (χ0v) is 21.4. The summed E-state index contributed by atoms with van der Waals surface area (Å²) in [5.74, 6) is 0. The molecule has 2 N–H and O–H groups in total. The van der Waals surface area contributed by atoms with Gasteiger partial charge in [0, 0.05) is 40.3 Å². The standard InChI is InChI=1S/C24H32IN3O2S/c1-24(2,3)30-23(29)28-16-10-15-20(28)17-26-21(18-11-6-4-7-12-18)22(27-31-25)19-13-8-5-9-14-19/h4-9,11-14,20-22,26-27H,10,15-17H2,1-3H3/t20-,21+,22+/m0/s1. The minimum absolute atomic E-state index is 0.0620. The molecule has 2 aromatic rings. The normalized spacial score (nSPS) is 18.6. The van der Waals surface area contributed by atoms with E-state index in [9.17, 15) is 4.79 Å². The first kappa shape index (κ1) is 24.4. The van der Waals surface area contributed by atoms with E-state index in [0.29, 0.717) is 0 Å². The van der Waals surface area contributed by atoms with Crippen molar-refractivity contribution in [1.29, 1.82) is 0 Å². The first-order valence-electron chi connectivity index (χ1n) is 10.7. The van der Waals surface area contributed by atoms with Crippen LogP contribution in [0.3, 0.4) is 0 Å². The molecule has 0 aromatic heterocycles. The van der Waals surface area contributed by atoms with E-state index >= 15 is 0 Å². The maximum atomic E-state index is 12.7. The van der Waals surface area contributed by atoms with E-state index in [1.165, 1.54) is 11.1 Å². The number of likely N-dealkylation sites (tertiary alicyclic amines) is 1. The van der Waals surface area contributed by atoms with Gasteiger partial charge in [-0.2, -0.15) is 0 Å². The SMILES string of the molecule is CC(C)(C)OC(=O)N1CCC[C@H]1CN[C@H](c1ccccc1)[C@H](NSI)c1ccccc1. The average Bonchev–Trinajstić information content (AvgIpc) is 3.22. The Balaban J connectivity index is 1.78. The molecule has 2 aromatic carbocycles. The van der Waals surface area contributed by atoms with E-state index in [1.807, 2.05) is 37.8 Å². The molecule has 1 saturated heterocycles. The second kappa shape index (κ2) is 11.5. The van der Waals surface area contributed by atoms with Gasteiger partial charge in [-0.25, -0.2) is 9.52 Å². The molecule has 1 fully saturated rings. The van der Waals surface area contributed by atoms with Gasteiger partial charge in [-0.05, 0) is 53.9 Å². The van der Waals surface area contributed by atoms with Crippen molar-refractivity contribution < 1.29 is 9.53 Å². The lowest BCUT2D eigenvalue weighted by molar-refractivity contribution is 0.0224. The Bertz CT molecular complexity index is 817. The number of nitrogens with zero attached hydrogens (tertiary/aromatic N) is 1. The molecule has 1 amide bonds. The first-order valence-corrected chi connectivity index (χ1v) is 14.1. The molecule has 1 aliphatic rings. The second-order valence-electron chi connectivity index (χ2n) is 8.85. The predicted molar refractivity (Wildman–Crippen MR) is 137 cm³/mol. The monoisotopic (exact) mass is 553 g/mol. The second-order valence-corrected chi connectivity index (χ2v) is 10.6. The number of hydrogen-bond donors (Lipinski definition) is 2. The molecule has 5 nitrogen and oxygen atoms in total. The van der Waals surface area contributed by atoms with E-state index in [2.05, 4.69) is 79.8 Å². The number of amides is 1. The lowest BCUT2D eigenvalue weighted by Gasteiger charge is -2.33. The highest BCUT2D eigenvalue weighted by molar-refractivity contribution is 14.2. The lowest BCUT2D eigenvalue weighted by atomic mass is 9.93. The Hall–Kier alpha value is -1.29. The van der Waals surface area contributed by atoms with Crippen molar-refractivity contribution in [3.05, 3.63) is 71.8 Å².